The van der Waals surface area contributed by atoms with Crippen LogP contribution in [-0.2, 0) is 6.54 Å². The van der Waals surface area contributed by atoms with Crippen LogP contribution in [0.25, 0.3) is 0 Å². The molecule has 1 N–H and O–H groups in total. The van der Waals surface area contributed by atoms with Crippen LogP contribution in [0.3, 0.4) is 0 Å². The maximum atomic E-state index is 13.2. The molecular formula is C21H16BrNO3. The molecule has 0 spiro atoms. The zero-order valence-corrected chi connectivity index (χ0v) is 15.4. The first-order chi connectivity index (χ1) is 12.6. The number of aromatic carboxylic acids is 1. The van der Waals surface area contributed by atoms with Crippen molar-refractivity contribution >= 4 is 33.5 Å². The van der Waals surface area contributed by atoms with Crippen molar-refractivity contribution in [2.75, 3.05) is 4.90 Å². The Morgan fingerprint density at radius 3 is 2.04 bits per heavy atom. The summed E-state index contributed by atoms with van der Waals surface area (Å²) >= 11 is 3.41. The van der Waals surface area contributed by atoms with Crippen LogP contribution in [0.4, 0.5) is 5.69 Å². The van der Waals surface area contributed by atoms with Gasteiger partial charge in [-0.15, -0.1) is 0 Å². The van der Waals surface area contributed by atoms with E-state index in [0.29, 0.717) is 15.7 Å². The second-order valence-corrected chi connectivity index (χ2v) is 6.53. The Hall–Kier alpha value is -2.92. The molecule has 5 heteroatoms. The summed E-state index contributed by atoms with van der Waals surface area (Å²) < 4.78 is 0.663. The quantitative estimate of drug-likeness (QED) is 0.645. The molecule has 3 rings (SSSR count). The van der Waals surface area contributed by atoms with Crippen molar-refractivity contribution < 1.29 is 14.7 Å². The number of nitrogens with zero attached hydrogens (tertiary/aromatic N) is 1. The van der Waals surface area contributed by atoms with E-state index in [1.54, 1.807) is 36.4 Å². The van der Waals surface area contributed by atoms with Crippen molar-refractivity contribution in [3.8, 4) is 0 Å². The number of hydrogen-bond donors (Lipinski definition) is 1. The summed E-state index contributed by atoms with van der Waals surface area (Å²) in [5.74, 6) is -1.34. The summed E-state index contributed by atoms with van der Waals surface area (Å²) in [6, 6.07) is 23.1. The summed E-state index contributed by atoms with van der Waals surface area (Å²) in [5, 5.41) is 9.54. The molecular weight excluding hydrogens is 394 g/mol. The van der Waals surface area contributed by atoms with E-state index in [0.717, 1.165) is 5.56 Å². The average Bonchev–Trinajstić information content (AvgIpc) is 2.67. The highest BCUT2D eigenvalue weighted by Crippen LogP contribution is 2.27. The predicted octanol–water partition coefficient (Wildman–Crippen LogP) is 4.99. The standard InChI is InChI=1S/C21H16BrNO3/c22-18-12-6-4-10-16(18)20(24)23(14-15-8-2-1-3-9-15)19-13-7-5-11-17(19)21(25)26/h1-13H,14H2,(H,25,26). The van der Waals surface area contributed by atoms with Gasteiger partial charge in [-0.25, -0.2) is 4.79 Å². The van der Waals surface area contributed by atoms with Crippen LogP contribution in [0.5, 0.6) is 0 Å². The van der Waals surface area contributed by atoms with Gasteiger partial charge >= 0.3 is 5.97 Å². The van der Waals surface area contributed by atoms with Crippen LogP contribution < -0.4 is 4.90 Å². The third kappa shape index (κ3) is 3.83. The number of benzene rings is 3. The molecule has 26 heavy (non-hydrogen) atoms. The summed E-state index contributed by atoms with van der Waals surface area (Å²) in [4.78, 5) is 26.4. The van der Waals surface area contributed by atoms with Crippen molar-refractivity contribution in [3.63, 3.8) is 0 Å². The SMILES string of the molecule is O=C(O)c1ccccc1N(Cc1ccccc1)C(=O)c1ccccc1Br. The Labute approximate surface area is 159 Å². The van der Waals surface area contributed by atoms with E-state index in [1.165, 1.54) is 11.0 Å². The number of hydrogen-bond acceptors (Lipinski definition) is 2. The van der Waals surface area contributed by atoms with E-state index >= 15 is 0 Å². The molecule has 4 nitrogen and oxygen atoms in total. The van der Waals surface area contributed by atoms with Crippen molar-refractivity contribution in [2.45, 2.75) is 6.54 Å². The van der Waals surface area contributed by atoms with Gasteiger partial charge in [0, 0.05) is 4.47 Å². The molecule has 1 amide bonds. The largest absolute Gasteiger partial charge is 0.478 e. The molecule has 130 valence electrons. The topological polar surface area (TPSA) is 57.6 Å². The van der Waals surface area contributed by atoms with E-state index < -0.39 is 5.97 Å². The molecule has 0 radical (unpaired) electrons. The molecule has 3 aromatic carbocycles. The lowest BCUT2D eigenvalue weighted by molar-refractivity contribution is 0.0697. The normalized spacial score (nSPS) is 10.3. The molecule has 0 saturated carbocycles. The van der Waals surface area contributed by atoms with E-state index in [1.807, 2.05) is 36.4 Å². The van der Waals surface area contributed by atoms with Gasteiger partial charge in [-0.05, 0) is 45.8 Å². The molecule has 3 aromatic rings. The monoisotopic (exact) mass is 409 g/mol. The molecule has 0 bridgehead atoms. The zero-order valence-electron chi connectivity index (χ0n) is 13.8. The van der Waals surface area contributed by atoms with Crippen LogP contribution >= 0.6 is 15.9 Å². The molecule has 0 aliphatic carbocycles. The Kier molecular flexibility index (Phi) is 5.49. The van der Waals surface area contributed by atoms with Gasteiger partial charge in [-0.3, -0.25) is 4.79 Å². The lowest BCUT2D eigenvalue weighted by Crippen LogP contribution is -2.32. The fraction of sp³-hybridized carbons (Fsp3) is 0.0476. The molecule has 0 atom stereocenters. The van der Waals surface area contributed by atoms with E-state index in [-0.39, 0.29) is 18.0 Å². The first kappa shape index (κ1) is 17.9. The maximum Gasteiger partial charge on any atom is 0.337 e. The van der Waals surface area contributed by atoms with Gasteiger partial charge in [-0.2, -0.15) is 0 Å². The molecule has 0 fully saturated rings. The molecule has 0 aliphatic heterocycles. The highest BCUT2D eigenvalue weighted by atomic mass is 79.9. The van der Waals surface area contributed by atoms with Gasteiger partial charge in [0.2, 0.25) is 0 Å². The second-order valence-electron chi connectivity index (χ2n) is 5.68. The van der Waals surface area contributed by atoms with Crippen LogP contribution in [0.15, 0.2) is 83.3 Å². The van der Waals surface area contributed by atoms with Crippen molar-refractivity contribution in [3.05, 3.63) is 100 Å². The third-order valence-electron chi connectivity index (χ3n) is 3.96. The Balaban J connectivity index is 2.10. The van der Waals surface area contributed by atoms with Crippen molar-refractivity contribution in [2.24, 2.45) is 0 Å². The lowest BCUT2D eigenvalue weighted by atomic mass is 10.1. The Bertz CT molecular complexity index is 941. The van der Waals surface area contributed by atoms with E-state index in [9.17, 15) is 14.7 Å². The fourth-order valence-electron chi connectivity index (χ4n) is 2.70. The van der Waals surface area contributed by atoms with Crippen molar-refractivity contribution in [1.29, 1.82) is 0 Å². The minimum Gasteiger partial charge on any atom is -0.478 e. The summed E-state index contributed by atoms with van der Waals surface area (Å²) in [5.41, 5.74) is 1.84. The minimum absolute atomic E-state index is 0.0869. The number of carboxylic acids is 1. The van der Waals surface area contributed by atoms with Gasteiger partial charge < -0.3 is 10.0 Å². The molecule has 0 heterocycles. The summed E-state index contributed by atoms with van der Waals surface area (Å²) in [7, 11) is 0. The predicted molar refractivity (Wildman–Crippen MR) is 104 cm³/mol. The van der Waals surface area contributed by atoms with Crippen LogP contribution in [-0.4, -0.2) is 17.0 Å². The van der Waals surface area contributed by atoms with Crippen LogP contribution in [0.2, 0.25) is 0 Å². The Morgan fingerprint density at radius 1 is 0.808 bits per heavy atom. The maximum absolute atomic E-state index is 13.2. The first-order valence-electron chi connectivity index (χ1n) is 8.00. The van der Waals surface area contributed by atoms with Gasteiger partial charge in [-0.1, -0.05) is 54.6 Å². The fourth-order valence-corrected chi connectivity index (χ4v) is 3.16. The number of para-hydroxylation sites is 1. The molecule has 0 saturated heterocycles. The molecule has 0 aromatic heterocycles. The number of carboxylic acid groups (broad SMARTS) is 1. The third-order valence-corrected chi connectivity index (χ3v) is 4.65. The number of halogens is 1. The summed E-state index contributed by atoms with van der Waals surface area (Å²) in [6.07, 6.45) is 0. The van der Waals surface area contributed by atoms with Crippen molar-refractivity contribution in [1.82, 2.24) is 0 Å². The summed E-state index contributed by atoms with van der Waals surface area (Å²) in [6.45, 7) is 0.269. The minimum atomic E-state index is -1.07. The molecule has 0 aliphatic rings. The number of rotatable bonds is 5. The van der Waals surface area contributed by atoms with E-state index in [2.05, 4.69) is 15.9 Å². The average molecular weight is 410 g/mol. The number of carbonyl (C=O) groups excluding carboxylic acids is 1. The number of amides is 1. The number of anilines is 1. The molecule has 0 unspecified atom stereocenters. The van der Waals surface area contributed by atoms with Gasteiger partial charge in [0.25, 0.3) is 5.91 Å². The first-order valence-corrected chi connectivity index (χ1v) is 8.80. The second kappa shape index (κ2) is 7.97. The highest BCUT2D eigenvalue weighted by molar-refractivity contribution is 9.10. The van der Waals surface area contributed by atoms with Gasteiger partial charge in [0.05, 0.1) is 23.4 Å². The number of carbonyl (C=O) groups is 2. The highest BCUT2D eigenvalue weighted by Gasteiger charge is 2.24. The van der Waals surface area contributed by atoms with Gasteiger partial charge in [0.1, 0.15) is 0 Å². The van der Waals surface area contributed by atoms with Crippen LogP contribution in [0, 0.1) is 0 Å². The van der Waals surface area contributed by atoms with Gasteiger partial charge in [0.15, 0.2) is 0 Å². The van der Waals surface area contributed by atoms with Crippen LogP contribution in [0.1, 0.15) is 26.3 Å². The lowest BCUT2D eigenvalue weighted by Gasteiger charge is -2.25. The Morgan fingerprint density at radius 2 is 1.38 bits per heavy atom. The van der Waals surface area contributed by atoms with E-state index in [4.69, 9.17) is 0 Å². The smallest absolute Gasteiger partial charge is 0.337 e. The zero-order chi connectivity index (χ0) is 18.5.